The SMILES string of the molecule is NC(=O)[O-].NCC1(CC(=O)[O-])CCCCC1.[Na+].[Na+]. The van der Waals surface area contributed by atoms with Crippen molar-refractivity contribution in [2.75, 3.05) is 6.54 Å². The van der Waals surface area contributed by atoms with E-state index in [0.717, 1.165) is 25.7 Å². The van der Waals surface area contributed by atoms with Crippen molar-refractivity contribution in [3.05, 3.63) is 0 Å². The molecule has 0 aliphatic heterocycles. The summed E-state index contributed by atoms with van der Waals surface area (Å²) >= 11 is 0. The zero-order valence-electron chi connectivity index (χ0n) is 11.2. The number of carbonyl (C=O) groups is 2. The Labute approximate surface area is 151 Å². The first kappa shape index (κ1) is 23.8. The van der Waals surface area contributed by atoms with E-state index in [1.54, 1.807) is 0 Å². The average molecular weight is 276 g/mol. The molecular weight excluding hydrogens is 258 g/mol. The van der Waals surface area contributed by atoms with E-state index in [2.05, 4.69) is 5.73 Å². The summed E-state index contributed by atoms with van der Waals surface area (Å²) in [5, 5.41) is 19.1. The quantitative estimate of drug-likeness (QED) is 0.494. The van der Waals surface area contributed by atoms with Crippen LogP contribution in [0.25, 0.3) is 0 Å². The summed E-state index contributed by atoms with van der Waals surface area (Å²) in [4.78, 5) is 19.1. The maximum atomic E-state index is 10.5. The number of primary amides is 1. The molecular formula is C10H18N2Na2O4. The molecule has 0 unspecified atom stereocenters. The number of aliphatic carboxylic acids is 1. The molecule has 8 heteroatoms. The van der Waals surface area contributed by atoms with E-state index in [4.69, 9.17) is 15.6 Å². The summed E-state index contributed by atoms with van der Waals surface area (Å²) in [5.41, 5.74) is 9.37. The second-order valence-corrected chi connectivity index (χ2v) is 4.13. The van der Waals surface area contributed by atoms with Gasteiger partial charge in [-0.25, -0.2) is 0 Å². The predicted molar refractivity (Wildman–Crippen MR) is 53.8 cm³/mol. The van der Waals surface area contributed by atoms with Crippen LogP contribution in [0, 0.1) is 5.41 Å². The van der Waals surface area contributed by atoms with E-state index in [0.29, 0.717) is 6.54 Å². The van der Waals surface area contributed by atoms with Gasteiger partial charge in [0.1, 0.15) is 6.09 Å². The van der Waals surface area contributed by atoms with Crippen LogP contribution in [0.4, 0.5) is 4.79 Å². The van der Waals surface area contributed by atoms with Crippen molar-refractivity contribution < 1.29 is 78.9 Å². The molecule has 18 heavy (non-hydrogen) atoms. The van der Waals surface area contributed by atoms with Gasteiger partial charge in [0.15, 0.2) is 0 Å². The molecule has 0 heterocycles. The Hall–Kier alpha value is 0.700. The van der Waals surface area contributed by atoms with Crippen LogP contribution in [-0.2, 0) is 4.79 Å². The van der Waals surface area contributed by atoms with Crippen LogP contribution in [0.15, 0.2) is 0 Å². The van der Waals surface area contributed by atoms with Crippen LogP contribution < -0.4 is 80.8 Å². The molecule has 0 radical (unpaired) electrons. The molecule has 1 amide bonds. The zero-order chi connectivity index (χ0) is 12.6. The van der Waals surface area contributed by atoms with Gasteiger partial charge in [-0.15, -0.1) is 0 Å². The van der Waals surface area contributed by atoms with E-state index in [-0.39, 0.29) is 71.0 Å². The minimum Gasteiger partial charge on any atom is -0.550 e. The summed E-state index contributed by atoms with van der Waals surface area (Å²) in [5.74, 6) is -0.956. The minimum absolute atomic E-state index is 0. The molecule has 94 valence electrons. The van der Waals surface area contributed by atoms with Gasteiger partial charge in [0.25, 0.3) is 0 Å². The molecule has 0 saturated heterocycles. The summed E-state index contributed by atoms with van der Waals surface area (Å²) in [6.45, 7) is 0.487. The number of hydrogen-bond donors (Lipinski definition) is 2. The molecule has 1 rings (SSSR count). The van der Waals surface area contributed by atoms with Gasteiger partial charge in [-0.05, 0) is 31.2 Å². The average Bonchev–Trinajstić information content (AvgIpc) is 2.17. The first-order chi connectivity index (χ1) is 7.42. The number of amides is 1. The largest absolute Gasteiger partial charge is 1.00 e. The molecule has 0 aromatic rings. The van der Waals surface area contributed by atoms with Gasteiger partial charge in [-0.1, -0.05) is 19.3 Å². The molecule has 0 aromatic carbocycles. The third kappa shape index (κ3) is 11.8. The van der Waals surface area contributed by atoms with Crippen molar-refractivity contribution in [2.24, 2.45) is 16.9 Å². The molecule has 0 aromatic heterocycles. The summed E-state index contributed by atoms with van der Waals surface area (Å²) < 4.78 is 0. The topological polar surface area (TPSA) is 132 Å². The van der Waals surface area contributed by atoms with Gasteiger partial charge in [0.05, 0.1) is 0 Å². The van der Waals surface area contributed by atoms with Crippen LogP contribution in [-0.4, -0.2) is 18.6 Å². The maximum absolute atomic E-state index is 10.5. The third-order valence-corrected chi connectivity index (χ3v) is 2.87. The van der Waals surface area contributed by atoms with E-state index in [1.165, 1.54) is 6.42 Å². The molecule has 1 aliphatic rings. The number of nitrogens with two attached hydrogens (primary N) is 2. The van der Waals surface area contributed by atoms with Crippen LogP contribution in [0.3, 0.4) is 0 Å². The van der Waals surface area contributed by atoms with E-state index in [1.807, 2.05) is 0 Å². The van der Waals surface area contributed by atoms with Crippen LogP contribution in [0.5, 0.6) is 0 Å². The molecule has 0 bridgehead atoms. The van der Waals surface area contributed by atoms with Gasteiger partial charge in [0.2, 0.25) is 0 Å². The minimum atomic E-state index is -1.58. The van der Waals surface area contributed by atoms with Crippen molar-refractivity contribution in [3.63, 3.8) is 0 Å². The number of rotatable bonds is 3. The van der Waals surface area contributed by atoms with E-state index >= 15 is 0 Å². The summed E-state index contributed by atoms with van der Waals surface area (Å²) in [7, 11) is 0. The Kier molecular flexibility index (Phi) is 16.8. The first-order valence-electron chi connectivity index (χ1n) is 5.28. The number of hydrogen-bond acceptors (Lipinski definition) is 5. The standard InChI is InChI=1S/C9H17NO2.CH3NO2.2Na/c10-7-9(6-8(11)12)4-2-1-3-5-9;2-1(3)4;;/h1-7,10H2,(H,11,12);2H2,(H,3,4);;/q;;2*+1/p-2. The molecule has 0 atom stereocenters. The van der Waals surface area contributed by atoms with Crippen molar-refractivity contribution in [1.82, 2.24) is 0 Å². The fraction of sp³-hybridized carbons (Fsp3) is 0.800. The zero-order valence-corrected chi connectivity index (χ0v) is 15.2. The second-order valence-electron chi connectivity index (χ2n) is 4.13. The predicted octanol–water partition coefficient (Wildman–Crippen LogP) is -7.67. The second kappa shape index (κ2) is 12.7. The molecule has 1 fully saturated rings. The monoisotopic (exact) mass is 276 g/mol. The van der Waals surface area contributed by atoms with Gasteiger partial charge < -0.3 is 31.3 Å². The Morgan fingerprint density at radius 3 is 1.72 bits per heavy atom. The molecule has 1 aliphatic carbocycles. The Bertz CT molecular complexity index is 242. The normalized spacial score (nSPS) is 16.1. The fourth-order valence-electron chi connectivity index (χ4n) is 2.06. The Balaban J connectivity index is -0.000000332. The van der Waals surface area contributed by atoms with Gasteiger partial charge in [-0.2, -0.15) is 0 Å². The molecule has 1 saturated carbocycles. The third-order valence-electron chi connectivity index (χ3n) is 2.87. The molecule has 6 nitrogen and oxygen atoms in total. The van der Waals surface area contributed by atoms with Gasteiger partial charge in [0, 0.05) is 5.97 Å². The van der Waals surface area contributed by atoms with Crippen molar-refractivity contribution in [2.45, 2.75) is 38.5 Å². The maximum Gasteiger partial charge on any atom is 1.00 e. The summed E-state index contributed by atoms with van der Waals surface area (Å²) in [6, 6.07) is 0. The first-order valence-corrected chi connectivity index (χ1v) is 5.28. The summed E-state index contributed by atoms with van der Waals surface area (Å²) in [6.07, 6.45) is 3.92. The van der Waals surface area contributed by atoms with Gasteiger partial charge in [-0.3, -0.25) is 0 Å². The van der Waals surface area contributed by atoms with Crippen molar-refractivity contribution >= 4 is 12.1 Å². The number of carboxylic acids is 1. The Morgan fingerprint density at radius 2 is 1.44 bits per heavy atom. The van der Waals surface area contributed by atoms with Crippen LogP contribution >= 0.6 is 0 Å². The molecule has 4 N–H and O–H groups in total. The molecule has 0 spiro atoms. The van der Waals surface area contributed by atoms with Crippen LogP contribution in [0.2, 0.25) is 0 Å². The van der Waals surface area contributed by atoms with E-state index in [9.17, 15) is 9.90 Å². The van der Waals surface area contributed by atoms with Crippen molar-refractivity contribution in [3.8, 4) is 0 Å². The number of carbonyl (C=O) groups excluding carboxylic acids is 2. The Morgan fingerprint density at radius 1 is 1.06 bits per heavy atom. The van der Waals surface area contributed by atoms with E-state index < -0.39 is 12.1 Å². The van der Waals surface area contributed by atoms with Crippen molar-refractivity contribution in [1.29, 1.82) is 0 Å². The van der Waals surface area contributed by atoms with Crippen LogP contribution in [0.1, 0.15) is 38.5 Å². The van der Waals surface area contributed by atoms with Gasteiger partial charge >= 0.3 is 59.1 Å². The number of carboxylic acid groups (broad SMARTS) is 2. The fourth-order valence-corrected chi connectivity index (χ4v) is 2.06. The smallest absolute Gasteiger partial charge is 0.550 e.